The lowest BCUT2D eigenvalue weighted by Crippen LogP contribution is -2.52. The summed E-state index contributed by atoms with van der Waals surface area (Å²) in [6.07, 6.45) is -0.116. The number of ether oxygens (including phenoxy) is 1. The molecule has 3 aliphatic heterocycles. The Kier molecular flexibility index (Phi) is 5.33. The Labute approximate surface area is 201 Å². The molecule has 3 aliphatic rings. The molecular weight excluding hydrogens is 439 g/mol. The van der Waals surface area contributed by atoms with Crippen molar-refractivity contribution in [2.75, 3.05) is 31.6 Å². The largest absolute Gasteiger partial charge is 0.381 e. The first-order valence-electron chi connectivity index (χ1n) is 12.7. The van der Waals surface area contributed by atoms with E-state index in [4.69, 9.17) is 8.85 Å². The molecule has 0 spiro atoms. The van der Waals surface area contributed by atoms with Gasteiger partial charge in [-0.25, -0.2) is 4.39 Å². The second-order valence-corrected chi connectivity index (χ2v) is 8.42. The number of hydrogen-bond acceptors (Lipinski definition) is 6. The number of hydrogen-bond donors (Lipinski definition) is 2. The van der Waals surface area contributed by atoms with Crippen LogP contribution in [0.25, 0.3) is 0 Å². The summed E-state index contributed by atoms with van der Waals surface area (Å²) < 4.78 is 45.9. The number of nitrogens with zero attached hydrogens (tertiary/aromatic N) is 2. The number of benzene rings is 2. The molecule has 0 bridgehead atoms. The maximum Gasteiger partial charge on any atom is 0.255 e. The van der Waals surface area contributed by atoms with Gasteiger partial charge in [-0.2, -0.15) is 0 Å². The van der Waals surface area contributed by atoms with E-state index in [1.54, 1.807) is 35.2 Å². The monoisotopic (exact) mass is 469 g/mol. The quantitative estimate of drug-likeness (QED) is 0.630. The average Bonchev–Trinajstić information content (AvgIpc) is 3.24. The fourth-order valence-corrected chi connectivity index (χ4v) is 4.39. The molecule has 2 fully saturated rings. The van der Waals surface area contributed by atoms with Crippen molar-refractivity contribution in [1.29, 1.82) is 0 Å². The van der Waals surface area contributed by atoms with E-state index < -0.39 is 36.1 Å². The molecule has 34 heavy (non-hydrogen) atoms. The summed E-state index contributed by atoms with van der Waals surface area (Å²) in [4.78, 5) is 39.8. The summed E-state index contributed by atoms with van der Waals surface area (Å²) in [6.45, 7) is -0.0511. The number of morpholine rings is 1. The molecular formula is C25H27FN4O4. The van der Waals surface area contributed by atoms with Crippen molar-refractivity contribution in [3.63, 3.8) is 0 Å². The molecule has 2 saturated heterocycles. The maximum atomic E-state index is 15.0. The Hall–Kier alpha value is -3.30. The SMILES string of the molecule is [2H]C1(N2Cc3c(NCc4ccc(C([2H])([2H])N5CCOCC5)cc4F)cccc3C2=O)CCC(=O)NC1=O. The summed E-state index contributed by atoms with van der Waals surface area (Å²) >= 11 is 0. The average molecular weight is 470 g/mol. The van der Waals surface area contributed by atoms with Gasteiger partial charge < -0.3 is 15.0 Å². The van der Waals surface area contributed by atoms with E-state index in [1.165, 1.54) is 6.07 Å². The van der Waals surface area contributed by atoms with Crippen LogP contribution in [-0.2, 0) is 33.9 Å². The van der Waals surface area contributed by atoms with Crippen LogP contribution in [0.5, 0.6) is 0 Å². The van der Waals surface area contributed by atoms with E-state index in [9.17, 15) is 14.4 Å². The predicted molar refractivity (Wildman–Crippen MR) is 122 cm³/mol. The third-order valence-electron chi connectivity index (χ3n) is 6.22. The van der Waals surface area contributed by atoms with Crippen molar-refractivity contribution in [3.05, 3.63) is 64.5 Å². The highest BCUT2D eigenvalue weighted by Gasteiger charge is 2.39. The molecule has 9 heteroatoms. The molecule has 0 radical (unpaired) electrons. The fourth-order valence-electron chi connectivity index (χ4n) is 4.39. The van der Waals surface area contributed by atoms with E-state index in [-0.39, 0.29) is 31.5 Å². The molecule has 0 aromatic heterocycles. The van der Waals surface area contributed by atoms with Gasteiger partial charge in [0, 0.05) is 64.2 Å². The smallest absolute Gasteiger partial charge is 0.255 e. The van der Waals surface area contributed by atoms with Gasteiger partial charge in [0.05, 0.1) is 14.6 Å². The van der Waals surface area contributed by atoms with Gasteiger partial charge in [0.25, 0.3) is 5.91 Å². The van der Waals surface area contributed by atoms with Crippen molar-refractivity contribution in [3.8, 4) is 0 Å². The number of rotatable bonds is 6. The molecule has 2 N–H and O–H groups in total. The zero-order chi connectivity index (χ0) is 26.4. The molecule has 0 aliphatic carbocycles. The Morgan fingerprint density at radius 3 is 2.79 bits per heavy atom. The van der Waals surface area contributed by atoms with Crippen LogP contribution >= 0.6 is 0 Å². The lowest BCUT2D eigenvalue weighted by Gasteiger charge is -2.29. The van der Waals surface area contributed by atoms with Crippen molar-refractivity contribution in [1.82, 2.24) is 15.1 Å². The minimum atomic E-state index is -1.89. The molecule has 1 unspecified atom stereocenters. The number of nitrogens with one attached hydrogen (secondary N) is 2. The molecule has 8 nitrogen and oxygen atoms in total. The van der Waals surface area contributed by atoms with Crippen LogP contribution in [0.2, 0.25) is 0 Å². The minimum absolute atomic E-state index is 0.00360. The van der Waals surface area contributed by atoms with Crippen LogP contribution in [0.3, 0.4) is 0 Å². The first-order valence-corrected chi connectivity index (χ1v) is 11.2. The number of piperidine rings is 1. The van der Waals surface area contributed by atoms with E-state index >= 15 is 4.39 Å². The topological polar surface area (TPSA) is 91.0 Å². The van der Waals surface area contributed by atoms with Gasteiger partial charge in [0.2, 0.25) is 11.8 Å². The number of fused-ring (bicyclic) bond motifs is 1. The number of carbonyl (C=O) groups excluding carboxylic acids is 3. The van der Waals surface area contributed by atoms with Crippen molar-refractivity contribution in [2.24, 2.45) is 0 Å². The number of imide groups is 1. The van der Waals surface area contributed by atoms with Gasteiger partial charge >= 0.3 is 0 Å². The molecule has 5 rings (SSSR count). The molecule has 3 amide bonds. The standard InChI is InChI=1S/C25H27FN4O4/c26-20-12-16(14-29-8-10-34-11-9-29)4-5-17(20)13-27-21-3-1-2-18-19(21)15-30(25(18)33)22-6-7-23(31)28-24(22)32/h1-5,12,22,27H,6-11,13-15H2,(H,28,31,32)/i14D2,22D. The van der Waals surface area contributed by atoms with Crippen molar-refractivity contribution in [2.45, 2.75) is 38.4 Å². The van der Waals surface area contributed by atoms with Gasteiger partial charge in [-0.15, -0.1) is 0 Å². The lowest BCUT2D eigenvalue weighted by molar-refractivity contribution is -0.136. The first kappa shape index (κ1) is 19.1. The van der Waals surface area contributed by atoms with Gasteiger partial charge in [-0.1, -0.05) is 18.2 Å². The number of anilines is 1. The molecule has 178 valence electrons. The van der Waals surface area contributed by atoms with Crippen LogP contribution < -0.4 is 10.6 Å². The molecule has 2 aromatic carbocycles. The highest BCUT2D eigenvalue weighted by atomic mass is 19.1. The number of halogens is 1. The van der Waals surface area contributed by atoms with Crippen molar-refractivity contribution < 1.29 is 27.6 Å². The summed E-state index contributed by atoms with van der Waals surface area (Å²) in [7, 11) is 0. The maximum absolute atomic E-state index is 15.0. The minimum Gasteiger partial charge on any atom is -0.381 e. The highest BCUT2D eigenvalue weighted by Crippen LogP contribution is 2.32. The van der Waals surface area contributed by atoms with E-state index in [1.807, 2.05) is 0 Å². The van der Waals surface area contributed by atoms with Crippen LogP contribution in [0.15, 0.2) is 36.4 Å². The summed E-state index contributed by atoms with van der Waals surface area (Å²) in [5.41, 5.74) is 2.04. The highest BCUT2D eigenvalue weighted by molar-refractivity contribution is 6.06. The van der Waals surface area contributed by atoms with E-state index in [0.717, 1.165) is 4.90 Å². The Morgan fingerprint density at radius 2 is 2.03 bits per heavy atom. The Balaban J connectivity index is 1.32. The van der Waals surface area contributed by atoms with Crippen LogP contribution in [0.4, 0.5) is 10.1 Å². The van der Waals surface area contributed by atoms with E-state index in [0.29, 0.717) is 48.7 Å². The summed E-state index contributed by atoms with van der Waals surface area (Å²) in [5, 5.41) is 5.29. The Bertz CT molecular complexity index is 1270. The second kappa shape index (κ2) is 9.52. The fraction of sp³-hybridized carbons (Fsp3) is 0.400. The zero-order valence-corrected chi connectivity index (χ0v) is 18.5. The zero-order valence-electron chi connectivity index (χ0n) is 21.5. The normalized spacial score (nSPS) is 24.8. The number of carbonyl (C=O) groups is 3. The van der Waals surface area contributed by atoms with Crippen LogP contribution in [0, 0.1) is 5.82 Å². The Morgan fingerprint density at radius 1 is 1.21 bits per heavy atom. The summed E-state index contributed by atoms with van der Waals surface area (Å²) in [6, 6.07) is 7.45. The van der Waals surface area contributed by atoms with Crippen molar-refractivity contribution >= 4 is 23.4 Å². The van der Waals surface area contributed by atoms with Crippen LogP contribution in [0.1, 0.15) is 44.0 Å². The lowest BCUT2D eigenvalue weighted by atomic mass is 10.0. The number of amides is 3. The summed E-state index contributed by atoms with van der Waals surface area (Å²) in [5.74, 6) is -2.32. The molecule has 0 saturated carbocycles. The molecule has 2 aromatic rings. The van der Waals surface area contributed by atoms with Crippen LogP contribution in [-0.4, -0.2) is 59.8 Å². The van der Waals surface area contributed by atoms with Gasteiger partial charge in [-0.05, 0) is 30.2 Å². The van der Waals surface area contributed by atoms with Gasteiger partial charge in [0.15, 0.2) is 0 Å². The third-order valence-corrected chi connectivity index (χ3v) is 6.22. The molecule has 3 heterocycles. The second-order valence-electron chi connectivity index (χ2n) is 8.42. The van der Waals surface area contributed by atoms with Gasteiger partial charge in [-0.3, -0.25) is 24.6 Å². The van der Waals surface area contributed by atoms with E-state index in [2.05, 4.69) is 10.6 Å². The predicted octanol–water partition coefficient (Wildman–Crippen LogP) is 2.03. The third kappa shape index (κ3) is 4.53. The first-order chi connectivity index (χ1) is 17.6. The molecule has 1 atom stereocenters. The van der Waals surface area contributed by atoms with Gasteiger partial charge in [0.1, 0.15) is 11.8 Å².